The average Bonchev–Trinajstić information content (AvgIpc) is 3.46. The third kappa shape index (κ3) is 3.75. The van der Waals surface area contributed by atoms with Crippen LogP contribution in [0.3, 0.4) is 0 Å². The second-order valence-corrected chi connectivity index (χ2v) is 7.94. The summed E-state index contributed by atoms with van der Waals surface area (Å²) < 4.78 is 7.09. The number of rotatable bonds is 4. The molecule has 1 N–H and O–H groups in total. The molecule has 8 heteroatoms. The first-order valence-electron chi connectivity index (χ1n) is 10.6. The summed E-state index contributed by atoms with van der Waals surface area (Å²) in [7, 11) is 0. The van der Waals surface area contributed by atoms with E-state index < -0.39 is 0 Å². The first-order chi connectivity index (χ1) is 15.6. The highest BCUT2D eigenvalue weighted by molar-refractivity contribution is 6.00. The highest BCUT2D eigenvalue weighted by Gasteiger charge is 2.27. The molecule has 0 unspecified atom stereocenters. The van der Waals surface area contributed by atoms with Crippen molar-refractivity contribution in [3.63, 3.8) is 0 Å². The van der Waals surface area contributed by atoms with Crippen LogP contribution in [0.2, 0.25) is 0 Å². The molecule has 4 heterocycles. The first-order valence-corrected chi connectivity index (χ1v) is 10.6. The number of fused-ring (bicyclic) bond motifs is 1. The molecule has 0 aliphatic carbocycles. The molecule has 1 aromatic carbocycles. The number of furan rings is 1. The Labute approximate surface area is 184 Å². The quantitative estimate of drug-likeness (QED) is 0.537. The molecule has 1 fully saturated rings. The maximum atomic E-state index is 13.2. The highest BCUT2D eigenvalue weighted by atomic mass is 16.3. The Bertz CT molecular complexity index is 1270. The Morgan fingerprint density at radius 1 is 1.06 bits per heavy atom. The molecule has 3 aromatic heterocycles. The van der Waals surface area contributed by atoms with Crippen molar-refractivity contribution in [3.05, 3.63) is 78.0 Å². The first kappa shape index (κ1) is 20.0. The zero-order chi connectivity index (χ0) is 22.1. The number of carbonyl (C=O) groups excluding carboxylic acids is 2. The van der Waals surface area contributed by atoms with E-state index in [1.54, 1.807) is 40.9 Å². The summed E-state index contributed by atoms with van der Waals surface area (Å²) >= 11 is 0. The molecule has 0 atom stereocenters. The van der Waals surface area contributed by atoms with Gasteiger partial charge in [-0.3, -0.25) is 9.59 Å². The lowest BCUT2D eigenvalue weighted by Crippen LogP contribution is -2.46. The fourth-order valence-corrected chi connectivity index (χ4v) is 4.08. The molecular formula is C24H23N5O3. The van der Waals surface area contributed by atoms with Gasteiger partial charge < -0.3 is 14.6 Å². The van der Waals surface area contributed by atoms with Crippen molar-refractivity contribution in [1.29, 1.82) is 0 Å². The van der Waals surface area contributed by atoms with E-state index in [1.165, 1.54) is 0 Å². The maximum absolute atomic E-state index is 13.2. The number of piperidine rings is 1. The summed E-state index contributed by atoms with van der Waals surface area (Å²) in [4.78, 5) is 31.7. The van der Waals surface area contributed by atoms with E-state index in [4.69, 9.17) is 4.42 Å². The van der Waals surface area contributed by atoms with Crippen LogP contribution in [0.4, 0.5) is 0 Å². The molecule has 1 aliphatic rings. The SMILES string of the molecule is Cc1ccc(C(=O)NC2CCN(C(=O)c3cnn4c(-c5ccccc5)ccnc34)CC2)o1. The van der Waals surface area contributed by atoms with Gasteiger partial charge in [0.15, 0.2) is 11.4 Å². The van der Waals surface area contributed by atoms with E-state index in [0.29, 0.717) is 48.7 Å². The molecule has 0 bridgehead atoms. The smallest absolute Gasteiger partial charge is 0.287 e. The van der Waals surface area contributed by atoms with Gasteiger partial charge in [0.2, 0.25) is 0 Å². The molecule has 4 aromatic rings. The summed E-state index contributed by atoms with van der Waals surface area (Å²) in [6, 6.07) is 15.2. The topological polar surface area (TPSA) is 92.7 Å². The van der Waals surface area contributed by atoms with E-state index in [1.807, 2.05) is 36.4 Å². The molecule has 1 aliphatic heterocycles. The predicted octanol–water partition coefficient (Wildman–Crippen LogP) is 3.33. The number of aromatic nitrogens is 3. The van der Waals surface area contributed by atoms with Gasteiger partial charge in [0.05, 0.1) is 11.9 Å². The van der Waals surface area contributed by atoms with Crippen molar-refractivity contribution in [2.75, 3.05) is 13.1 Å². The minimum atomic E-state index is -0.219. The van der Waals surface area contributed by atoms with E-state index in [2.05, 4.69) is 15.4 Å². The molecule has 0 saturated carbocycles. The van der Waals surface area contributed by atoms with Gasteiger partial charge in [-0.05, 0) is 38.0 Å². The zero-order valence-corrected chi connectivity index (χ0v) is 17.7. The molecule has 1 saturated heterocycles. The minimum Gasteiger partial charge on any atom is -0.456 e. The third-order valence-corrected chi connectivity index (χ3v) is 5.78. The number of nitrogens with one attached hydrogen (secondary N) is 1. The van der Waals surface area contributed by atoms with Crippen molar-refractivity contribution < 1.29 is 14.0 Å². The molecule has 2 amide bonds. The Morgan fingerprint density at radius 3 is 2.56 bits per heavy atom. The van der Waals surface area contributed by atoms with Gasteiger partial charge in [0.25, 0.3) is 11.8 Å². The summed E-state index contributed by atoms with van der Waals surface area (Å²) in [6.07, 6.45) is 4.65. The molecule has 162 valence electrons. The van der Waals surface area contributed by atoms with E-state index >= 15 is 0 Å². The van der Waals surface area contributed by atoms with Crippen LogP contribution < -0.4 is 5.32 Å². The third-order valence-electron chi connectivity index (χ3n) is 5.78. The number of hydrogen-bond acceptors (Lipinski definition) is 5. The van der Waals surface area contributed by atoms with Crippen LogP contribution in [0.25, 0.3) is 16.9 Å². The molecular weight excluding hydrogens is 406 g/mol. The fraction of sp³-hybridized carbons (Fsp3) is 0.250. The largest absolute Gasteiger partial charge is 0.456 e. The number of nitrogens with zero attached hydrogens (tertiary/aromatic N) is 4. The van der Waals surface area contributed by atoms with Gasteiger partial charge in [-0.1, -0.05) is 30.3 Å². The maximum Gasteiger partial charge on any atom is 0.287 e. The van der Waals surface area contributed by atoms with Crippen LogP contribution in [-0.4, -0.2) is 50.4 Å². The Morgan fingerprint density at radius 2 is 1.84 bits per heavy atom. The lowest BCUT2D eigenvalue weighted by molar-refractivity contribution is 0.0697. The number of likely N-dealkylation sites (tertiary alicyclic amines) is 1. The Balaban J connectivity index is 1.28. The predicted molar refractivity (Wildman–Crippen MR) is 118 cm³/mol. The van der Waals surface area contributed by atoms with Gasteiger partial charge in [0.1, 0.15) is 11.3 Å². The monoisotopic (exact) mass is 429 g/mol. The van der Waals surface area contributed by atoms with Crippen LogP contribution in [-0.2, 0) is 0 Å². The van der Waals surface area contributed by atoms with Gasteiger partial charge in [0, 0.05) is 30.9 Å². The van der Waals surface area contributed by atoms with Crippen LogP contribution in [0.1, 0.15) is 39.5 Å². The zero-order valence-electron chi connectivity index (χ0n) is 17.7. The second-order valence-electron chi connectivity index (χ2n) is 7.94. The number of amides is 2. The fourth-order valence-electron chi connectivity index (χ4n) is 4.08. The van der Waals surface area contributed by atoms with Crippen molar-refractivity contribution in [2.45, 2.75) is 25.8 Å². The van der Waals surface area contributed by atoms with Crippen LogP contribution in [0.15, 0.2) is 65.3 Å². The van der Waals surface area contributed by atoms with Gasteiger partial charge in [-0.25, -0.2) is 9.50 Å². The molecule has 8 nitrogen and oxygen atoms in total. The van der Waals surface area contributed by atoms with Crippen molar-refractivity contribution in [3.8, 4) is 11.3 Å². The number of carbonyl (C=O) groups is 2. The summed E-state index contributed by atoms with van der Waals surface area (Å²) in [5, 5.41) is 7.44. The summed E-state index contributed by atoms with van der Waals surface area (Å²) in [6.45, 7) is 2.91. The molecule has 0 spiro atoms. The van der Waals surface area contributed by atoms with Crippen molar-refractivity contribution in [2.24, 2.45) is 0 Å². The lowest BCUT2D eigenvalue weighted by Gasteiger charge is -2.32. The molecule has 32 heavy (non-hydrogen) atoms. The van der Waals surface area contributed by atoms with E-state index in [0.717, 1.165) is 11.3 Å². The van der Waals surface area contributed by atoms with Crippen LogP contribution >= 0.6 is 0 Å². The van der Waals surface area contributed by atoms with Crippen LogP contribution in [0.5, 0.6) is 0 Å². The van der Waals surface area contributed by atoms with Crippen molar-refractivity contribution in [1.82, 2.24) is 24.8 Å². The van der Waals surface area contributed by atoms with E-state index in [-0.39, 0.29) is 17.9 Å². The average molecular weight is 429 g/mol. The summed E-state index contributed by atoms with van der Waals surface area (Å²) in [5.74, 6) is 0.702. The lowest BCUT2D eigenvalue weighted by atomic mass is 10.0. The number of benzene rings is 1. The summed E-state index contributed by atoms with van der Waals surface area (Å²) in [5.41, 5.74) is 2.91. The molecule has 5 rings (SSSR count). The van der Waals surface area contributed by atoms with Crippen LogP contribution in [0, 0.1) is 6.92 Å². The minimum absolute atomic E-state index is 0.00340. The Kier molecular flexibility index (Phi) is 5.18. The number of hydrogen-bond donors (Lipinski definition) is 1. The van der Waals surface area contributed by atoms with Crippen molar-refractivity contribution >= 4 is 17.5 Å². The Hall–Kier alpha value is -3.94. The van der Waals surface area contributed by atoms with Gasteiger partial charge in [-0.2, -0.15) is 5.10 Å². The second kappa shape index (κ2) is 8.30. The van der Waals surface area contributed by atoms with Gasteiger partial charge >= 0.3 is 0 Å². The standard InChI is InChI=1S/C24H23N5O3/c1-16-7-8-21(32-16)23(30)27-18-10-13-28(14-11-18)24(31)19-15-26-29-20(9-12-25-22(19)29)17-5-3-2-4-6-17/h2-9,12,15,18H,10-11,13-14H2,1H3,(H,27,30). The number of aryl methyl sites for hydroxylation is 1. The van der Waals surface area contributed by atoms with Gasteiger partial charge in [-0.15, -0.1) is 0 Å². The van der Waals surface area contributed by atoms with E-state index in [9.17, 15) is 9.59 Å². The normalized spacial score (nSPS) is 14.6. The highest BCUT2D eigenvalue weighted by Crippen LogP contribution is 2.22. The molecule has 0 radical (unpaired) electrons.